The molecule has 0 aliphatic rings. The number of carboxylic acids is 1. The average Bonchev–Trinajstić information content (AvgIpc) is 2.74. The number of hydrogen-bond donors (Lipinski definition) is 3. The average molecular weight is 426 g/mol. The van der Waals surface area contributed by atoms with Crippen molar-refractivity contribution in [2.24, 2.45) is 0 Å². The van der Waals surface area contributed by atoms with Crippen molar-refractivity contribution in [2.45, 2.75) is 4.90 Å². The molecule has 0 fully saturated rings. The van der Waals surface area contributed by atoms with Gasteiger partial charge in [0.15, 0.2) is 0 Å². The minimum absolute atomic E-state index is 0.0866. The highest BCUT2D eigenvalue weighted by Gasteiger charge is 2.18. The van der Waals surface area contributed by atoms with Gasteiger partial charge in [0.2, 0.25) is 0 Å². The van der Waals surface area contributed by atoms with Crippen molar-refractivity contribution in [3.05, 3.63) is 83.9 Å². The van der Waals surface area contributed by atoms with Gasteiger partial charge < -0.3 is 15.2 Å². The van der Waals surface area contributed by atoms with E-state index in [1.807, 2.05) is 0 Å². The number of aromatic carboxylic acids is 1. The first-order chi connectivity index (χ1) is 14.3. The lowest BCUT2D eigenvalue weighted by Gasteiger charge is -2.12. The second kappa shape index (κ2) is 8.66. The number of benzene rings is 3. The molecule has 3 rings (SSSR count). The van der Waals surface area contributed by atoms with Crippen LogP contribution in [0.4, 0.5) is 11.4 Å². The molecular formula is C21H18N2O6S. The Kier molecular flexibility index (Phi) is 6.03. The Labute approximate surface area is 173 Å². The Morgan fingerprint density at radius 3 is 2.27 bits per heavy atom. The number of amides is 1. The lowest BCUT2D eigenvalue weighted by Crippen LogP contribution is -2.16. The van der Waals surface area contributed by atoms with Crippen LogP contribution in [0.5, 0.6) is 5.75 Å². The normalized spacial score (nSPS) is 10.8. The molecule has 0 bridgehead atoms. The zero-order chi connectivity index (χ0) is 21.7. The van der Waals surface area contributed by atoms with Crippen molar-refractivity contribution in [3.8, 4) is 5.75 Å². The molecule has 8 nitrogen and oxygen atoms in total. The lowest BCUT2D eigenvalue weighted by atomic mass is 10.2. The first kappa shape index (κ1) is 20.9. The molecule has 0 saturated carbocycles. The van der Waals surface area contributed by atoms with E-state index in [0.29, 0.717) is 11.4 Å². The van der Waals surface area contributed by atoms with E-state index in [2.05, 4.69) is 10.0 Å². The fourth-order valence-corrected chi connectivity index (χ4v) is 3.75. The molecular weight excluding hydrogens is 408 g/mol. The number of carbonyl (C=O) groups is 2. The van der Waals surface area contributed by atoms with Crippen LogP contribution in [-0.2, 0) is 10.0 Å². The highest BCUT2D eigenvalue weighted by Crippen LogP contribution is 2.26. The highest BCUT2D eigenvalue weighted by molar-refractivity contribution is 7.92. The molecule has 30 heavy (non-hydrogen) atoms. The van der Waals surface area contributed by atoms with E-state index in [-0.39, 0.29) is 21.7 Å². The third-order valence-electron chi connectivity index (χ3n) is 4.15. The molecule has 3 aromatic carbocycles. The molecule has 0 saturated heterocycles. The summed E-state index contributed by atoms with van der Waals surface area (Å²) in [5.74, 6) is -1.25. The molecule has 0 atom stereocenters. The van der Waals surface area contributed by atoms with Gasteiger partial charge in [-0.25, -0.2) is 13.2 Å². The number of anilines is 2. The molecule has 0 unspecified atom stereocenters. The number of para-hydroxylation sites is 2. The van der Waals surface area contributed by atoms with Gasteiger partial charge in [-0.3, -0.25) is 9.52 Å². The van der Waals surface area contributed by atoms with E-state index in [1.54, 1.807) is 24.3 Å². The number of sulfonamides is 1. The Balaban J connectivity index is 1.80. The van der Waals surface area contributed by atoms with Crippen LogP contribution in [0, 0.1) is 0 Å². The fraction of sp³-hybridized carbons (Fsp3) is 0.0476. The predicted octanol–water partition coefficient (Wildman–Crippen LogP) is 3.45. The van der Waals surface area contributed by atoms with Gasteiger partial charge in [0, 0.05) is 11.3 Å². The summed E-state index contributed by atoms with van der Waals surface area (Å²) < 4.78 is 33.1. The van der Waals surface area contributed by atoms with Crippen molar-refractivity contribution in [1.29, 1.82) is 0 Å². The second-order valence-electron chi connectivity index (χ2n) is 6.17. The summed E-state index contributed by atoms with van der Waals surface area (Å²) in [5.41, 5.74) is 0.863. The van der Waals surface area contributed by atoms with Crippen molar-refractivity contribution in [2.75, 3.05) is 17.1 Å². The van der Waals surface area contributed by atoms with Gasteiger partial charge >= 0.3 is 5.97 Å². The van der Waals surface area contributed by atoms with Gasteiger partial charge in [0.05, 0.1) is 23.3 Å². The third kappa shape index (κ3) is 4.76. The highest BCUT2D eigenvalue weighted by atomic mass is 32.2. The van der Waals surface area contributed by atoms with Crippen molar-refractivity contribution in [3.63, 3.8) is 0 Å². The van der Waals surface area contributed by atoms with Crippen LogP contribution in [-0.4, -0.2) is 32.5 Å². The van der Waals surface area contributed by atoms with Crippen LogP contribution in [0.2, 0.25) is 0 Å². The van der Waals surface area contributed by atoms with E-state index in [1.165, 1.54) is 55.6 Å². The Morgan fingerprint density at radius 1 is 0.900 bits per heavy atom. The lowest BCUT2D eigenvalue weighted by molar-refractivity contribution is 0.0696. The Morgan fingerprint density at radius 2 is 1.60 bits per heavy atom. The van der Waals surface area contributed by atoms with E-state index >= 15 is 0 Å². The first-order valence-electron chi connectivity index (χ1n) is 8.71. The van der Waals surface area contributed by atoms with E-state index in [0.717, 1.165) is 0 Å². The minimum atomic E-state index is -3.97. The van der Waals surface area contributed by atoms with E-state index in [4.69, 9.17) is 9.84 Å². The molecule has 0 aliphatic heterocycles. The van der Waals surface area contributed by atoms with Crippen LogP contribution in [0.1, 0.15) is 20.7 Å². The third-order valence-corrected chi connectivity index (χ3v) is 5.51. The van der Waals surface area contributed by atoms with Crippen LogP contribution in [0.3, 0.4) is 0 Å². The maximum absolute atomic E-state index is 12.8. The van der Waals surface area contributed by atoms with Crippen LogP contribution < -0.4 is 14.8 Å². The Bertz CT molecular complexity index is 1190. The van der Waals surface area contributed by atoms with Crippen molar-refractivity contribution < 1.29 is 27.9 Å². The number of rotatable bonds is 7. The largest absolute Gasteiger partial charge is 0.495 e. The smallest absolute Gasteiger partial charge is 0.335 e. The standard InChI is InChI=1S/C21H18N2O6S/c1-29-19-8-3-2-7-18(19)23-30(27,28)17-6-4-5-15(13-17)20(24)22-16-11-9-14(10-12-16)21(25)26/h2-13,23H,1H3,(H,22,24)(H,25,26). The maximum Gasteiger partial charge on any atom is 0.335 e. The fourth-order valence-electron chi connectivity index (χ4n) is 2.64. The molecule has 1 amide bonds. The SMILES string of the molecule is COc1ccccc1NS(=O)(=O)c1cccc(C(=O)Nc2ccc(C(=O)O)cc2)c1. The zero-order valence-electron chi connectivity index (χ0n) is 15.8. The molecule has 3 aromatic rings. The van der Waals surface area contributed by atoms with Gasteiger partial charge in [-0.05, 0) is 54.6 Å². The quantitative estimate of drug-likeness (QED) is 0.532. The van der Waals surface area contributed by atoms with E-state index in [9.17, 15) is 18.0 Å². The number of ether oxygens (including phenoxy) is 1. The van der Waals surface area contributed by atoms with Gasteiger partial charge in [-0.1, -0.05) is 18.2 Å². The molecule has 3 N–H and O–H groups in total. The molecule has 9 heteroatoms. The zero-order valence-corrected chi connectivity index (χ0v) is 16.6. The molecule has 0 aliphatic carbocycles. The number of carbonyl (C=O) groups excluding carboxylic acids is 1. The summed E-state index contributed by atoms with van der Waals surface area (Å²) in [6, 6.07) is 17.7. The number of methoxy groups -OCH3 is 1. The summed E-state index contributed by atoms with van der Waals surface area (Å²) in [6.07, 6.45) is 0. The van der Waals surface area contributed by atoms with Crippen molar-refractivity contribution >= 4 is 33.3 Å². The maximum atomic E-state index is 12.8. The summed E-state index contributed by atoms with van der Waals surface area (Å²) in [7, 11) is -2.53. The van der Waals surface area contributed by atoms with E-state index < -0.39 is 21.9 Å². The number of hydrogen-bond acceptors (Lipinski definition) is 5. The van der Waals surface area contributed by atoms with Gasteiger partial charge in [-0.2, -0.15) is 0 Å². The van der Waals surface area contributed by atoms with Crippen LogP contribution >= 0.6 is 0 Å². The summed E-state index contributed by atoms with van der Waals surface area (Å²) in [6.45, 7) is 0. The second-order valence-corrected chi connectivity index (χ2v) is 7.85. The molecule has 0 aromatic heterocycles. The summed E-state index contributed by atoms with van der Waals surface area (Å²) in [5, 5.41) is 11.5. The van der Waals surface area contributed by atoms with Gasteiger partial charge in [0.25, 0.3) is 15.9 Å². The van der Waals surface area contributed by atoms with Crippen molar-refractivity contribution in [1.82, 2.24) is 0 Å². The molecule has 0 radical (unpaired) electrons. The monoisotopic (exact) mass is 426 g/mol. The van der Waals surface area contributed by atoms with Crippen LogP contribution in [0.25, 0.3) is 0 Å². The first-order valence-corrected chi connectivity index (χ1v) is 10.2. The minimum Gasteiger partial charge on any atom is -0.495 e. The predicted molar refractivity (Wildman–Crippen MR) is 112 cm³/mol. The topological polar surface area (TPSA) is 122 Å². The Hall–Kier alpha value is -3.85. The van der Waals surface area contributed by atoms with Gasteiger partial charge in [-0.15, -0.1) is 0 Å². The summed E-state index contributed by atoms with van der Waals surface area (Å²) in [4.78, 5) is 23.3. The molecule has 0 heterocycles. The number of nitrogens with one attached hydrogen (secondary N) is 2. The molecule has 0 spiro atoms. The van der Waals surface area contributed by atoms with Gasteiger partial charge in [0.1, 0.15) is 5.75 Å². The summed E-state index contributed by atoms with van der Waals surface area (Å²) >= 11 is 0. The van der Waals surface area contributed by atoms with Crippen LogP contribution in [0.15, 0.2) is 77.7 Å². The number of carboxylic acid groups (broad SMARTS) is 1. The molecule has 154 valence electrons.